The lowest BCUT2D eigenvalue weighted by Crippen LogP contribution is -2.19. The Bertz CT molecular complexity index is 792. The summed E-state index contributed by atoms with van der Waals surface area (Å²) in [4.78, 5) is 0. The number of rotatable bonds is 2. The Morgan fingerprint density at radius 3 is 2.12 bits per heavy atom. The van der Waals surface area contributed by atoms with E-state index < -0.39 is 0 Å². The Morgan fingerprint density at radius 1 is 0.875 bits per heavy atom. The van der Waals surface area contributed by atoms with Gasteiger partial charge in [0.25, 0.3) is 0 Å². The van der Waals surface area contributed by atoms with Gasteiger partial charge in [0.15, 0.2) is 0 Å². The van der Waals surface area contributed by atoms with E-state index in [9.17, 15) is 5.26 Å². The van der Waals surface area contributed by atoms with E-state index in [4.69, 9.17) is 0 Å². The van der Waals surface area contributed by atoms with E-state index in [1.807, 2.05) is 48.5 Å². The first kappa shape index (κ1) is 16.1. The first-order chi connectivity index (χ1) is 11.8. The summed E-state index contributed by atoms with van der Waals surface area (Å²) in [5.41, 5.74) is 2.67. The van der Waals surface area contributed by atoms with Crippen LogP contribution in [0, 0.1) is 28.6 Å². The fraction of sp³-hybridized carbons (Fsp3) is 0.261. The van der Waals surface area contributed by atoms with Crippen molar-refractivity contribution >= 4 is 5.57 Å². The summed E-state index contributed by atoms with van der Waals surface area (Å²) in [6.45, 7) is 0. The van der Waals surface area contributed by atoms with Gasteiger partial charge in [0, 0.05) is 11.1 Å². The molecule has 0 heterocycles. The number of benzene rings is 2. The van der Waals surface area contributed by atoms with Crippen molar-refractivity contribution in [2.24, 2.45) is 5.41 Å². The predicted octanol–water partition coefficient (Wildman–Crippen LogP) is 5.60. The summed E-state index contributed by atoms with van der Waals surface area (Å²) >= 11 is 0. The summed E-state index contributed by atoms with van der Waals surface area (Å²) in [5.74, 6) is 6.57. The highest BCUT2D eigenvalue weighted by Gasteiger charge is 2.30. The first-order valence-corrected chi connectivity index (χ1v) is 8.58. The normalized spacial score (nSPS) is 16.5. The van der Waals surface area contributed by atoms with Crippen LogP contribution in [0.1, 0.15) is 43.2 Å². The monoisotopic (exact) mass is 311 g/mol. The minimum Gasteiger partial charge on any atom is -0.197 e. The maximum absolute atomic E-state index is 9.78. The van der Waals surface area contributed by atoms with Crippen molar-refractivity contribution in [1.82, 2.24) is 0 Å². The standard InChI is InChI=1S/C23H21N/c24-19-23(16-8-3-9-17-23)18-22(21-12-6-2-7-13-21)15-14-20-10-4-1-5-11-20/h1-2,4-7,10-13,18H,3,8-9,16-17H2/b22-18-. The second kappa shape index (κ2) is 7.67. The molecule has 1 nitrogen and oxygen atoms in total. The maximum atomic E-state index is 9.78. The molecular formula is C23H21N. The van der Waals surface area contributed by atoms with Gasteiger partial charge in [0.2, 0.25) is 0 Å². The van der Waals surface area contributed by atoms with E-state index >= 15 is 0 Å². The van der Waals surface area contributed by atoms with Gasteiger partial charge in [-0.25, -0.2) is 0 Å². The van der Waals surface area contributed by atoms with Crippen molar-refractivity contribution in [2.75, 3.05) is 0 Å². The van der Waals surface area contributed by atoms with Crippen LogP contribution in [-0.4, -0.2) is 0 Å². The van der Waals surface area contributed by atoms with Gasteiger partial charge in [-0.1, -0.05) is 79.6 Å². The van der Waals surface area contributed by atoms with E-state index in [0.29, 0.717) is 0 Å². The van der Waals surface area contributed by atoms with Crippen LogP contribution in [0.4, 0.5) is 0 Å². The number of hydrogen-bond acceptors (Lipinski definition) is 1. The van der Waals surface area contributed by atoms with Gasteiger partial charge in [-0.15, -0.1) is 0 Å². The Labute approximate surface area is 144 Å². The topological polar surface area (TPSA) is 23.8 Å². The van der Waals surface area contributed by atoms with Crippen molar-refractivity contribution in [3.63, 3.8) is 0 Å². The first-order valence-electron chi connectivity index (χ1n) is 8.58. The second-order valence-electron chi connectivity index (χ2n) is 6.37. The molecule has 0 bridgehead atoms. The fourth-order valence-electron chi connectivity index (χ4n) is 3.22. The summed E-state index contributed by atoms with van der Waals surface area (Å²) < 4.78 is 0. The Morgan fingerprint density at radius 2 is 1.50 bits per heavy atom. The van der Waals surface area contributed by atoms with Gasteiger partial charge in [-0.2, -0.15) is 5.26 Å². The largest absolute Gasteiger partial charge is 0.197 e. The molecular weight excluding hydrogens is 290 g/mol. The van der Waals surface area contributed by atoms with Crippen LogP contribution < -0.4 is 0 Å². The lowest BCUT2D eigenvalue weighted by molar-refractivity contribution is 0.336. The molecule has 1 aliphatic carbocycles. The van der Waals surface area contributed by atoms with Gasteiger partial charge < -0.3 is 0 Å². The van der Waals surface area contributed by atoms with Gasteiger partial charge in [0.05, 0.1) is 11.5 Å². The predicted molar refractivity (Wildman–Crippen MR) is 98.9 cm³/mol. The van der Waals surface area contributed by atoms with Gasteiger partial charge in [0.1, 0.15) is 0 Å². The van der Waals surface area contributed by atoms with Gasteiger partial charge in [-0.05, 0) is 36.6 Å². The molecule has 118 valence electrons. The molecule has 0 atom stereocenters. The molecule has 1 heteroatoms. The van der Waals surface area contributed by atoms with Crippen molar-refractivity contribution in [3.05, 3.63) is 77.9 Å². The van der Waals surface area contributed by atoms with E-state index in [2.05, 4.69) is 36.1 Å². The molecule has 0 spiro atoms. The molecule has 0 aromatic heterocycles. The van der Waals surface area contributed by atoms with Crippen LogP contribution in [0.15, 0.2) is 66.7 Å². The molecule has 0 saturated heterocycles. The van der Waals surface area contributed by atoms with Gasteiger partial charge >= 0.3 is 0 Å². The summed E-state index contributed by atoms with van der Waals surface area (Å²) in [7, 11) is 0. The highest BCUT2D eigenvalue weighted by Crippen LogP contribution is 2.39. The van der Waals surface area contributed by atoms with Gasteiger partial charge in [-0.3, -0.25) is 0 Å². The zero-order valence-corrected chi connectivity index (χ0v) is 13.8. The Balaban J connectivity index is 2.01. The number of hydrogen-bond donors (Lipinski definition) is 0. The van der Waals surface area contributed by atoms with E-state index in [0.717, 1.165) is 42.4 Å². The zero-order chi connectivity index (χ0) is 16.7. The molecule has 3 rings (SSSR count). The fourth-order valence-corrected chi connectivity index (χ4v) is 3.22. The molecule has 1 fully saturated rings. The SMILES string of the molecule is N#CC1(/C=C(/C#Cc2ccccc2)c2ccccc2)CCCCC1. The van der Waals surface area contributed by atoms with Crippen LogP contribution in [0.3, 0.4) is 0 Å². The average Bonchev–Trinajstić information content (AvgIpc) is 2.67. The van der Waals surface area contributed by atoms with Crippen LogP contribution >= 0.6 is 0 Å². The minimum absolute atomic E-state index is 0.366. The summed E-state index contributed by atoms with van der Waals surface area (Å²) in [6.07, 6.45) is 7.47. The van der Waals surface area contributed by atoms with Crippen molar-refractivity contribution in [2.45, 2.75) is 32.1 Å². The zero-order valence-electron chi connectivity index (χ0n) is 13.8. The highest BCUT2D eigenvalue weighted by molar-refractivity contribution is 5.80. The van der Waals surface area contributed by atoms with Crippen LogP contribution in [0.2, 0.25) is 0 Å². The number of allylic oxidation sites excluding steroid dienone is 2. The smallest absolute Gasteiger partial charge is 0.0768 e. The highest BCUT2D eigenvalue weighted by atomic mass is 14.4. The Hall–Kier alpha value is -2.77. The quantitative estimate of drug-likeness (QED) is 0.663. The maximum Gasteiger partial charge on any atom is 0.0768 e. The lowest BCUT2D eigenvalue weighted by atomic mass is 9.74. The molecule has 24 heavy (non-hydrogen) atoms. The molecule has 1 aliphatic rings. The molecule has 2 aromatic carbocycles. The van der Waals surface area contributed by atoms with Crippen molar-refractivity contribution in [3.8, 4) is 17.9 Å². The molecule has 0 unspecified atom stereocenters. The number of nitrogens with zero attached hydrogens (tertiary/aromatic N) is 1. The van der Waals surface area contributed by atoms with E-state index in [1.54, 1.807) is 0 Å². The third-order valence-electron chi connectivity index (χ3n) is 4.59. The summed E-state index contributed by atoms with van der Waals surface area (Å²) in [5, 5.41) is 9.78. The minimum atomic E-state index is -0.366. The van der Waals surface area contributed by atoms with E-state index in [1.165, 1.54) is 6.42 Å². The molecule has 1 saturated carbocycles. The molecule has 2 aromatic rings. The second-order valence-corrected chi connectivity index (χ2v) is 6.37. The Kier molecular flexibility index (Phi) is 5.15. The third-order valence-corrected chi connectivity index (χ3v) is 4.59. The molecule has 0 amide bonds. The van der Waals surface area contributed by atoms with Crippen LogP contribution in [0.5, 0.6) is 0 Å². The molecule has 0 aliphatic heterocycles. The van der Waals surface area contributed by atoms with Crippen molar-refractivity contribution in [1.29, 1.82) is 5.26 Å². The lowest BCUT2D eigenvalue weighted by Gasteiger charge is -2.28. The van der Waals surface area contributed by atoms with Crippen LogP contribution in [-0.2, 0) is 0 Å². The number of nitriles is 1. The third kappa shape index (κ3) is 3.95. The summed E-state index contributed by atoms with van der Waals surface area (Å²) in [6, 6.07) is 22.8. The average molecular weight is 311 g/mol. The van der Waals surface area contributed by atoms with Crippen LogP contribution in [0.25, 0.3) is 5.57 Å². The molecule has 0 N–H and O–H groups in total. The van der Waals surface area contributed by atoms with E-state index in [-0.39, 0.29) is 5.41 Å². The van der Waals surface area contributed by atoms with Crippen molar-refractivity contribution < 1.29 is 0 Å². The molecule has 0 radical (unpaired) electrons.